The van der Waals surface area contributed by atoms with E-state index >= 15 is 0 Å². The van der Waals surface area contributed by atoms with Gasteiger partial charge < -0.3 is 4.57 Å². The predicted octanol–water partition coefficient (Wildman–Crippen LogP) is 0.362. The Kier molecular flexibility index (Phi) is 2.24. The molecule has 0 radical (unpaired) electrons. The lowest BCUT2D eigenvalue weighted by Crippen LogP contribution is -2.17. The molecule has 0 bridgehead atoms. The highest BCUT2D eigenvalue weighted by Crippen LogP contribution is 2.14. The Morgan fingerprint density at radius 2 is 2.07 bits per heavy atom. The number of aryl methyl sites for hydroxylation is 1. The lowest BCUT2D eigenvalue weighted by atomic mass is 10.3. The largest absolute Gasteiger partial charge is 0.330 e. The van der Waals surface area contributed by atoms with Crippen molar-refractivity contribution in [2.24, 2.45) is 12.2 Å². The number of imidazole rings is 1. The molecule has 1 aromatic carbocycles. The zero-order valence-electron chi connectivity index (χ0n) is 8.21. The van der Waals surface area contributed by atoms with Crippen molar-refractivity contribution in [1.82, 2.24) is 9.55 Å². The quantitative estimate of drug-likeness (QED) is 0.801. The van der Waals surface area contributed by atoms with Gasteiger partial charge in [-0.1, -0.05) is 12.1 Å². The number of primary sulfonamides is 1. The summed E-state index contributed by atoms with van der Waals surface area (Å²) in [6, 6.07) is 7.46. The maximum absolute atomic E-state index is 11.0. The molecule has 1 aromatic heterocycles. The van der Waals surface area contributed by atoms with E-state index < -0.39 is 10.0 Å². The van der Waals surface area contributed by atoms with Crippen LogP contribution < -0.4 is 5.14 Å². The van der Waals surface area contributed by atoms with E-state index in [0.717, 1.165) is 11.0 Å². The van der Waals surface area contributed by atoms with Gasteiger partial charge in [-0.05, 0) is 12.1 Å². The van der Waals surface area contributed by atoms with Gasteiger partial charge in [-0.15, -0.1) is 0 Å². The highest BCUT2D eigenvalue weighted by Gasteiger charge is 2.12. The van der Waals surface area contributed by atoms with Crippen LogP contribution in [0.2, 0.25) is 0 Å². The number of sulfonamides is 1. The molecule has 0 atom stereocenters. The fraction of sp³-hybridized carbons (Fsp3) is 0.222. The Hall–Kier alpha value is -1.40. The van der Waals surface area contributed by atoms with E-state index in [4.69, 9.17) is 5.14 Å². The molecule has 2 rings (SSSR count). The molecule has 0 amide bonds. The third kappa shape index (κ3) is 2.00. The number of benzene rings is 1. The summed E-state index contributed by atoms with van der Waals surface area (Å²) < 4.78 is 23.6. The second-order valence-electron chi connectivity index (χ2n) is 3.38. The van der Waals surface area contributed by atoms with Gasteiger partial charge >= 0.3 is 0 Å². The molecule has 80 valence electrons. The molecule has 0 aliphatic rings. The molecule has 0 saturated carbocycles. The van der Waals surface area contributed by atoms with Crippen molar-refractivity contribution in [2.45, 2.75) is 5.75 Å². The van der Waals surface area contributed by atoms with Crippen LogP contribution in [0.3, 0.4) is 0 Å². The highest BCUT2D eigenvalue weighted by atomic mass is 32.2. The smallest absolute Gasteiger partial charge is 0.216 e. The molecule has 0 saturated heterocycles. The minimum Gasteiger partial charge on any atom is -0.330 e. The predicted molar refractivity (Wildman–Crippen MR) is 57.5 cm³/mol. The van der Waals surface area contributed by atoms with Crippen molar-refractivity contribution in [3.63, 3.8) is 0 Å². The highest BCUT2D eigenvalue weighted by molar-refractivity contribution is 7.88. The molecular formula is C9H11N3O2S. The van der Waals surface area contributed by atoms with Crippen LogP contribution in [0.1, 0.15) is 5.82 Å². The maximum Gasteiger partial charge on any atom is 0.216 e. The minimum atomic E-state index is -3.53. The molecule has 0 aliphatic carbocycles. The van der Waals surface area contributed by atoms with Crippen molar-refractivity contribution < 1.29 is 8.42 Å². The summed E-state index contributed by atoms with van der Waals surface area (Å²) in [7, 11) is -1.76. The number of hydrogen-bond acceptors (Lipinski definition) is 3. The number of aromatic nitrogens is 2. The first-order valence-corrected chi connectivity index (χ1v) is 6.10. The fourth-order valence-corrected chi connectivity index (χ4v) is 2.12. The van der Waals surface area contributed by atoms with E-state index in [2.05, 4.69) is 4.98 Å². The van der Waals surface area contributed by atoms with Gasteiger partial charge in [0, 0.05) is 7.05 Å². The van der Waals surface area contributed by atoms with Crippen LogP contribution in [-0.4, -0.2) is 18.0 Å². The molecule has 15 heavy (non-hydrogen) atoms. The van der Waals surface area contributed by atoms with E-state index in [9.17, 15) is 8.42 Å². The van der Waals surface area contributed by atoms with Crippen LogP contribution >= 0.6 is 0 Å². The summed E-state index contributed by atoms with van der Waals surface area (Å²) in [5, 5.41) is 4.98. The summed E-state index contributed by atoms with van der Waals surface area (Å²) in [5.74, 6) is 0.219. The molecule has 2 N–H and O–H groups in total. The Morgan fingerprint density at radius 3 is 2.67 bits per heavy atom. The van der Waals surface area contributed by atoms with Gasteiger partial charge in [0.1, 0.15) is 11.6 Å². The Bertz CT molecular complexity index is 601. The van der Waals surface area contributed by atoms with Gasteiger partial charge in [0.25, 0.3) is 0 Å². The number of nitrogens with two attached hydrogens (primary N) is 1. The second-order valence-corrected chi connectivity index (χ2v) is 5.00. The van der Waals surface area contributed by atoms with Gasteiger partial charge in [0.15, 0.2) is 0 Å². The average Bonchev–Trinajstić information content (AvgIpc) is 2.42. The van der Waals surface area contributed by atoms with Crippen molar-refractivity contribution in [1.29, 1.82) is 0 Å². The van der Waals surface area contributed by atoms with Crippen molar-refractivity contribution in [2.75, 3.05) is 0 Å². The van der Waals surface area contributed by atoms with E-state index in [1.165, 1.54) is 0 Å². The summed E-state index contributed by atoms with van der Waals surface area (Å²) in [5.41, 5.74) is 1.68. The number of rotatable bonds is 2. The Labute approximate surface area is 87.6 Å². The Morgan fingerprint density at radius 1 is 1.40 bits per heavy atom. The molecule has 0 fully saturated rings. The topological polar surface area (TPSA) is 78.0 Å². The third-order valence-corrected chi connectivity index (χ3v) is 2.87. The number of hydrogen-bond donors (Lipinski definition) is 1. The number of para-hydroxylation sites is 2. The van der Waals surface area contributed by atoms with Gasteiger partial charge in [-0.2, -0.15) is 0 Å². The van der Waals surface area contributed by atoms with Gasteiger partial charge in [0.2, 0.25) is 10.0 Å². The molecular weight excluding hydrogens is 214 g/mol. The third-order valence-electron chi connectivity index (χ3n) is 2.21. The minimum absolute atomic E-state index is 0.238. The first-order chi connectivity index (χ1) is 6.97. The lowest BCUT2D eigenvalue weighted by Gasteiger charge is -1.99. The van der Waals surface area contributed by atoms with Crippen molar-refractivity contribution in [3.8, 4) is 0 Å². The van der Waals surface area contributed by atoms with Crippen LogP contribution in [-0.2, 0) is 22.8 Å². The van der Waals surface area contributed by atoms with Crippen molar-refractivity contribution in [3.05, 3.63) is 30.1 Å². The lowest BCUT2D eigenvalue weighted by molar-refractivity contribution is 0.594. The molecule has 6 heteroatoms. The number of fused-ring (bicyclic) bond motifs is 1. The second kappa shape index (κ2) is 3.32. The van der Waals surface area contributed by atoms with E-state index in [1.807, 2.05) is 24.3 Å². The normalized spacial score (nSPS) is 12.1. The maximum atomic E-state index is 11.0. The van der Waals surface area contributed by atoms with Crippen LogP contribution in [0.4, 0.5) is 0 Å². The monoisotopic (exact) mass is 225 g/mol. The van der Waals surface area contributed by atoms with Gasteiger partial charge in [-0.25, -0.2) is 18.5 Å². The van der Waals surface area contributed by atoms with Gasteiger partial charge in [0.05, 0.1) is 11.0 Å². The molecule has 1 heterocycles. The molecule has 0 aliphatic heterocycles. The van der Waals surface area contributed by atoms with E-state index in [1.54, 1.807) is 11.6 Å². The summed E-state index contributed by atoms with van der Waals surface area (Å²) >= 11 is 0. The van der Waals surface area contributed by atoms with Crippen LogP contribution in [0.25, 0.3) is 11.0 Å². The van der Waals surface area contributed by atoms with E-state index in [-0.39, 0.29) is 5.75 Å². The standard InChI is InChI=1S/C9H11N3O2S/c1-12-8-5-3-2-4-7(8)11-9(12)6-15(10,13)14/h2-5H,6H2,1H3,(H2,10,13,14). The van der Waals surface area contributed by atoms with Gasteiger partial charge in [-0.3, -0.25) is 0 Å². The molecule has 0 unspecified atom stereocenters. The number of nitrogens with zero attached hydrogens (tertiary/aromatic N) is 2. The first-order valence-electron chi connectivity index (χ1n) is 4.38. The van der Waals surface area contributed by atoms with Crippen molar-refractivity contribution >= 4 is 21.1 Å². The Balaban J connectivity index is 2.58. The first kappa shape index (κ1) is 10.1. The average molecular weight is 225 g/mol. The molecule has 0 spiro atoms. The molecule has 2 aromatic rings. The van der Waals surface area contributed by atoms with E-state index in [0.29, 0.717) is 5.82 Å². The molecule has 5 nitrogen and oxygen atoms in total. The summed E-state index contributed by atoms with van der Waals surface area (Å²) in [6.07, 6.45) is 0. The SMILES string of the molecule is Cn1c(CS(N)(=O)=O)nc2ccccc21. The van der Waals surface area contributed by atoms with Crippen LogP contribution in [0.5, 0.6) is 0 Å². The van der Waals surface area contributed by atoms with Crippen LogP contribution in [0.15, 0.2) is 24.3 Å². The summed E-state index contributed by atoms with van der Waals surface area (Å²) in [6.45, 7) is 0. The summed E-state index contributed by atoms with van der Waals surface area (Å²) in [4.78, 5) is 4.20. The zero-order valence-corrected chi connectivity index (χ0v) is 9.03. The van der Waals surface area contributed by atoms with Crippen LogP contribution in [0, 0.1) is 0 Å². The fourth-order valence-electron chi connectivity index (χ4n) is 1.50. The zero-order chi connectivity index (χ0) is 11.1.